The molecule has 1 amide bonds. The molecule has 0 spiro atoms. The highest BCUT2D eigenvalue weighted by Gasteiger charge is 2.31. The standard InChI is InChI=1S/C16H32N4O/c1-3-18-16(2,15(17)21)8-9-19-10-12-20(13-11-19)14-6-4-5-7-14/h14,18H,3-13H2,1-2H3,(H2,17,21). The van der Waals surface area contributed by atoms with Crippen molar-refractivity contribution in [2.24, 2.45) is 5.73 Å². The lowest BCUT2D eigenvalue weighted by atomic mass is 9.96. The molecule has 2 aliphatic rings. The summed E-state index contributed by atoms with van der Waals surface area (Å²) in [5.41, 5.74) is 4.98. The molecule has 2 fully saturated rings. The molecule has 0 aromatic carbocycles. The first-order valence-corrected chi connectivity index (χ1v) is 8.56. The number of nitrogens with zero attached hydrogens (tertiary/aromatic N) is 2. The van der Waals surface area contributed by atoms with Crippen LogP contribution in [-0.4, -0.2) is 66.6 Å². The summed E-state index contributed by atoms with van der Waals surface area (Å²) in [4.78, 5) is 16.8. The van der Waals surface area contributed by atoms with Gasteiger partial charge in [-0.1, -0.05) is 19.8 Å². The summed E-state index contributed by atoms with van der Waals surface area (Å²) in [5.74, 6) is -0.242. The van der Waals surface area contributed by atoms with E-state index in [0.717, 1.165) is 38.6 Å². The van der Waals surface area contributed by atoms with Gasteiger partial charge in [-0.15, -0.1) is 0 Å². The first-order valence-electron chi connectivity index (χ1n) is 8.56. The molecule has 1 atom stereocenters. The fraction of sp³-hybridized carbons (Fsp3) is 0.938. The molecule has 1 unspecified atom stereocenters. The van der Waals surface area contributed by atoms with Crippen molar-refractivity contribution in [3.05, 3.63) is 0 Å². The van der Waals surface area contributed by atoms with Crippen LogP contribution in [0.1, 0.15) is 46.0 Å². The average Bonchev–Trinajstić information content (AvgIpc) is 3.00. The lowest BCUT2D eigenvalue weighted by Crippen LogP contribution is -2.56. The van der Waals surface area contributed by atoms with Crippen molar-refractivity contribution in [1.82, 2.24) is 15.1 Å². The summed E-state index contributed by atoms with van der Waals surface area (Å²) < 4.78 is 0. The Kier molecular flexibility index (Phi) is 6.02. The van der Waals surface area contributed by atoms with Gasteiger partial charge in [-0.25, -0.2) is 0 Å². The molecule has 2 rings (SSSR count). The normalized spacial score (nSPS) is 25.0. The summed E-state index contributed by atoms with van der Waals surface area (Å²) in [6.45, 7) is 10.3. The van der Waals surface area contributed by atoms with E-state index in [0.29, 0.717) is 0 Å². The van der Waals surface area contributed by atoms with Crippen molar-refractivity contribution >= 4 is 5.91 Å². The molecule has 122 valence electrons. The highest BCUT2D eigenvalue weighted by molar-refractivity contribution is 5.84. The van der Waals surface area contributed by atoms with Gasteiger partial charge in [0.25, 0.3) is 0 Å². The molecule has 1 aliphatic carbocycles. The van der Waals surface area contributed by atoms with Crippen LogP contribution in [0.5, 0.6) is 0 Å². The third kappa shape index (κ3) is 4.41. The maximum atomic E-state index is 11.6. The van der Waals surface area contributed by atoms with Crippen LogP contribution in [0.15, 0.2) is 0 Å². The molecule has 3 N–H and O–H groups in total. The molecule has 0 aromatic rings. The van der Waals surface area contributed by atoms with Crippen LogP contribution >= 0.6 is 0 Å². The molecule has 0 aromatic heterocycles. The van der Waals surface area contributed by atoms with Crippen molar-refractivity contribution in [3.63, 3.8) is 0 Å². The third-order valence-electron chi connectivity index (χ3n) is 5.29. The average molecular weight is 296 g/mol. The zero-order valence-electron chi connectivity index (χ0n) is 13.7. The molecule has 0 radical (unpaired) electrons. The number of carbonyl (C=O) groups excluding carboxylic acids is 1. The topological polar surface area (TPSA) is 61.6 Å². The summed E-state index contributed by atoms with van der Waals surface area (Å²) in [6, 6.07) is 0.838. The van der Waals surface area contributed by atoms with Crippen molar-refractivity contribution in [1.29, 1.82) is 0 Å². The van der Waals surface area contributed by atoms with E-state index in [4.69, 9.17) is 5.73 Å². The lowest BCUT2D eigenvalue weighted by Gasteiger charge is -2.39. The minimum absolute atomic E-state index is 0.242. The van der Waals surface area contributed by atoms with Crippen LogP contribution in [0, 0.1) is 0 Å². The van der Waals surface area contributed by atoms with E-state index in [-0.39, 0.29) is 5.91 Å². The summed E-state index contributed by atoms with van der Waals surface area (Å²) in [6.07, 6.45) is 6.38. The molecule has 1 aliphatic heterocycles. The Labute approximate surface area is 129 Å². The number of hydrogen-bond acceptors (Lipinski definition) is 4. The van der Waals surface area contributed by atoms with Gasteiger partial charge in [-0.3, -0.25) is 9.69 Å². The van der Waals surface area contributed by atoms with E-state index in [1.807, 2.05) is 13.8 Å². The molecule has 5 nitrogen and oxygen atoms in total. The number of carbonyl (C=O) groups is 1. The SMILES string of the molecule is CCNC(C)(CCN1CCN(C2CCCC2)CC1)C(N)=O. The number of nitrogens with two attached hydrogens (primary N) is 1. The molecule has 0 bridgehead atoms. The molecule has 21 heavy (non-hydrogen) atoms. The fourth-order valence-electron chi connectivity index (χ4n) is 3.69. The Morgan fingerprint density at radius 3 is 2.38 bits per heavy atom. The second-order valence-corrected chi connectivity index (χ2v) is 6.79. The first kappa shape index (κ1) is 16.7. The second kappa shape index (κ2) is 7.56. The van der Waals surface area contributed by atoms with Gasteiger partial charge >= 0.3 is 0 Å². The van der Waals surface area contributed by atoms with Crippen LogP contribution in [0.3, 0.4) is 0 Å². The van der Waals surface area contributed by atoms with Crippen molar-refractivity contribution < 1.29 is 4.79 Å². The van der Waals surface area contributed by atoms with Gasteiger partial charge in [-0.05, 0) is 32.7 Å². The van der Waals surface area contributed by atoms with Crippen molar-refractivity contribution in [2.75, 3.05) is 39.3 Å². The first-order chi connectivity index (χ1) is 10.0. The fourth-order valence-corrected chi connectivity index (χ4v) is 3.69. The van der Waals surface area contributed by atoms with E-state index < -0.39 is 5.54 Å². The zero-order chi connectivity index (χ0) is 15.3. The van der Waals surface area contributed by atoms with Gasteiger partial charge in [0, 0.05) is 38.8 Å². The van der Waals surface area contributed by atoms with Crippen LogP contribution in [-0.2, 0) is 4.79 Å². The van der Waals surface area contributed by atoms with E-state index in [1.165, 1.54) is 38.8 Å². The van der Waals surface area contributed by atoms with E-state index >= 15 is 0 Å². The maximum Gasteiger partial charge on any atom is 0.237 e. The summed E-state index contributed by atoms with van der Waals surface area (Å²) in [5, 5.41) is 3.24. The summed E-state index contributed by atoms with van der Waals surface area (Å²) >= 11 is 0. The van der Waals surface area contributed by atoms with E-state index in [2.05, 4.69) is 15.1 Å². The van der Waals surface area contributed by atoms with E-state index in [1.54, 1.807) is 0 Å². The van der Waals surface area contributed by atoms with Gasteiger partial charge in [-0.2, -0.15) is 0 Å². The minimum atomic E-state index is -0.572. The molecular weight excluding hydrogens is 264 g/mol. The van der Waals surface area contributed by atoms with Gasteiger partial charge in [0.05, 0.1) is 5.54 Å². The monoisotopic (exact) mass is 296 g/mol. The molecule has 1 heterocycles. The highest BCUT2D eigenvalue weighted by atomic mass is 16.1. The highest BCUT2D eigenvalue weighted by Crippen LogP contribution is 2.24. The minimum Gasteiger partial charge on any atom is -0.368 e. The van der Waals surface area contributed by atoms with Crippen molar-refractivity contribution in [2.45, 2.75) is 57.5 Å². The lowest BCUT2D eigenvalue weighted by molar-refractivity contribution is -0.124. The number of nitrogens with one attached hydrogen (secondary N) is 1. The number of primary amides is 1. The number of likely N-dealkylation sites (N-methyl/N-ethyl adjacent to an activating group) is 1. The Balaban J connectivity index is 1.73. The zero-order valence-corrected chi connectivity index (χ0v) is 13.7. The van der Waals surface area contributed by atoms with Gasteiger partial charge in [0.15, 0.2) is 0 Å². The van der Waals surface area contributed by atoms with Gasteiger partial charge in [0.2, 0.25) is 5.91 Å². The van der Waals surface area contributed by atoms with Crippen LogP contribution in [0.4, 0.5) is 0 Å². The quantitative estimate of drug-likeness (QED) is 0.729. The van der Waals surface area contributed by atoms with Crippen LogP contribution in [0.2, 0.25) is 0 Å². The largest absolute Gasteiger partial charge is 0.368 e. The Morgan fingerprint density at radius 2 is 1.86 bits per heavy atom. The van der Waals surface area contributed by atoms with Crippen LogP contribution in [0.25, 0.3) is 0 Å². The van der Waals surface area contributed by atoms with E-state index in [9.17, 15) is 4.79 Å². The molecule has 5 heteroatoms. The Bertz CT molecular complexity index is 335. The second-order valence-electron chi connectivity index (χ2n) is 6.79. The van der Waals surface area contributed by atoms with Crippen molar-refractivity contribution in [3.8, 4) is 0 Å². The molecule has 1 saturated carbocycles. The predicted octanol–water partition coefficient (Wildman–Crippen LogP) is 0.790. The maximum absolute atomic E-state index is 11.6. The molecular formula is C16H32N4O. The number of rotatable bonds is 7. The number of amides is 1. The van der Waals surface area contributed by atoms with Gasteiger partial charge in [0.1, 0.15) is 0 Å². The smallest absolute Gasteiger partial charge is 0.237 e. The predicted molar refractivity (Wildman–Crippen MR) is 86.2 cm³/mol. The third-order valence-corrected chi connectivity index (χ3v) is 5.29. The van der Waals surface area contributed by atoms with Crippen LogP contribution < -0.4 is 11.1 Å². The molecule has 1 saturated heterocycles. The number of piperazine rings is 1. The van der Waals surface area contributed by atoms with Gasteiger partial charge < -0.3 is 16.0 Å². The summed E-state index contributed by atoms with van der Waals surface area (Å²) in [7, 11) is 0. The Hall–Kier alpha value is -0.650. The number of hydrogen-bond donors (Lipinski definition) is 2. The Morgan fingerprint density at radius 1 is 1.24 bits per heavy atom.